The fourth-order valence-electron chi connectivity index (χ4n) is 2.47. The second-order valence-corrected chi connectivity index (χ2v) is 5.01. The smallest absolute Gasteiger partial charge is 0.145 e. The Kier molecular flexibility index (Phi) is 4.55. The quantitative estimate of drug-likeness (QED) is 0.621. The molecule has 1 aliphatic rings. The molecule has 3 N–H and O–H groups in total. The minimum atomic E-state index is 0.586. The number of hydrogen-bond acceptors (Lipinski definition) is 6. The van der Waals surface area contributed by atoms with Gasteiger partial charge < -0.3 is 10.3 Å². The van der Waals surface area contributed by atoms with Gasteiger partial charge in [-0.05, 0) is 13.5 Å². The summed E-state index contributed by atoms with van der Waals surface area (Å²) in [6.45, 7) is 7.36. The number of nitrogens with one attached hydrogen (secondary N) is 1. The Labute approximate surface area is 115 Å². The maximum Gasteiger partial charge on any atom is 0.145 e. The van der Waals surface area contributed by atoms with Crippen molar-refractivity contribution in [3.05, 3.63) is 11.9 Å². The van der Waals surface area contributed by atoms with E-state index in [1.165, 1.54) is 0 Å². The predicted octanol–water partition coefficient (Wildman–Crippen LogP) is 0.855. The highest BCUT2D eigenvalue weighted by molar-refractivity contribution is 5.49. The van der Waals surface area contributed by atoms with Gasteiger partial charge in [0, 0.05) is 38.2 Å². The number of nitrogens with zero attached hydrogens (tertiary/aromatic N) is 4. The van der Waals surface area contributed by atoms with Crippen molar-refractivity contribution < 1.29 is 0 Å². The third-order valence-electron chi connectivity index (χ3n) is 3.80. The highest BCUT2D eigenvalue weighted by Gasteiger charge is 2.24. The van der Waals surface area contributed by atoms with E-state index in [0.717, 1.165) is 44.1 Å². The molecular weight excluding hydrogens is 240 g/mol. The molecule has 1 aromatic heterocycles. The number of aromatic nitrogens is 2. The Morgan fingerprint density at radius 2 is 2.16 bits per heavy atom. The number of likely N-dealkylation sites (N-methyl/N-ethyl adjacent to an activating group) is 1. The summed E-state index contributed by atoms with van der Waals surface area (Å²) in [6, 6.07) is 2.51. The Balaban J connectivity index is 2.21. The first-order valence-corrected chi connectivity index (χ1v) is 6.97. The molecule has 0 bridgehead atoms. The molecule has 0 aromatic carbocycles. The second kappa shape index (κ2) is 6.16. The van der Waals surface area contributed by atoms with Gasteiger partial charge in [0.15, 0.2) is 0 Å². The van der Waals surface area contributed by atoms with E-state index in [2.05, 4.69) is 46.1 Å². The van der Waals surface area contributed by atoms with Gasteiger partial charge in [-0.25, -0.2) is 15.8 Å². The predicted molar refractivity (Wildman–Crippen MR) is 78.1 cm³/mol. The summed E-state index contributed by atoms with van der Waals surface area (Å²) < 4.78 is 0. The normalized spacial score (nSPS) is 20.6. The van der Waals surface area contributed by atoms with Crippen LogP contribution in [0.3, 0.4) is 0 Å². The summed E-state index contributed by atoms with van der Waals surface area (Å²) in [5, 5.41) is 0. The Hall–Kier alpha value is -1.40. The van der Waals surface area contributed by atoms with Crippen LogP contribution in [0.15, 0.2) is 6.07 Å². The average Bonchev–Trinajstić information content (AvgIpc) is 2.47. The topological polar surface area (TPSA) is 70.3 Å². The van der Waals surface area contributed by atoms with Crippen LogP contribution in [-0.2, 0) is 6.42 Å². The fourth-order valence-corrected chi connectivity index (χ4v) is 2.47. The van der Waals surface area contributed by atoms with Crippen LogP contribution < -0.4 is 16.2 Å². The van der Waals surface area contributed by atoms with Crippen molar-refractivity contribution in [1.29, 1.82) is 0 Å². The van der Waals surface area contributed by atoms with Crippen molar-refractivity contribution in [3.63, 3.8) is 0 Å². The Morgan fingerprint density at radius 3 is 2.79 bits per heavy atom. The monoisotopic (exact) mass is 264 g/mol. The molecule has 1 aromatic rings. The molecule has 1 fully saturated rings. The summed E-state index contributed by atoms with van der Waals surface area (Å²) in [5.74, 6) is 7.98. The molecule has 0 saturated carbocycles. The fraction of sp³-hybridized carbons (Fsp3) is 0.692. The van der Waals surface area contributed by atoms with E-state index in [1.807, 2.05) is 6.07 Å². The van der Waals surface area contributed by atoms with E-state index >= 15 is 0 Å². The molecule has 106 valence electrons. The molecule has 1 saturated heterocycles. The largest absolute Gasteiger partial charge is 0.354 e. The van der Waals surface area contributed by atoms with Crippen molar-refractivity contribution in [3.8, 4) is 0 Å². The maximum atomic E-state index is 5.48. The molecule has 0 spiro atoms. The molecule has 2 rings (SSSR count). The summed E-state index contributed by atoms with van der Waals surface area (Å²) in [7, 11) is 2.19. The van der Waals surface area contributed by atoms with Crippen LogP contribution in [-0.4, -0.2) is 47.6 Å². The number of hydrogen-bond donors (Lipinski definition) is 2. The number of nitrogens with two attached hydrogens (primary N) is 1. The highest BCUT2D eigenvalue weighted by atomic mass is 15.3. The van der Waals surface area contributed by atoms with Crippen molar-refractivity contribution in [2.45, 2.75) is 32.7 Å². The molecule has 1 unspecified atom stereocenters. The first kappa shape index (κ1) is 14.0. The number of hydrazine groups is 1. The lowest BCUT2D eigenvalue weighted by atomic mass is 10.1. The zero-order chi connectivity index (χ0) is 13.8. The van der Waals surface area contributed by atoms with Gasteiger partial charge in [0.1, 0.15) is 17.5 Å². The molecule has 1 aliphatic heterocycles. The Bertz CT molecular complexity index is 399. The van der Waals surface area contributed by atoms with Gasteiger partial charge in [-0.1, -0.05) is 13.8 Å². The van der Waals surface area contributed by atoms with Crippen molar-refractivity contribution in [2.24, 2.45) is 5.84 Å². The van der Waals surface area contributed by atoms with Gasteiger partial charge in [-0.15, -0.1) is 0 Å². The van der Waals surface area contributed by atoms with E-state index < -0.39 is 0 Å². The van der Waals surface area contributed by atoms with Crippen LogP contribution in [0.2, 0.25) is 0 Å². The number of rotatable bonds is 4. The minimum absolute atomic E-state index is 0.586. The third-order valence-corrected chi connectivity index (χ3v) is 3.80. The van der Waals surface area contributed by atoms with Crippen molar-refractivity contribution >= 4 is 11.6 Å². The lowest BCUT2D eigenvalue weighted by Crippen LogP contribution is -2.51. The van der Waals surface area contributed by atoms with Crippen LogP contribution in [0, 0.1) is 0 Å². The lowest BCUT2D eigenvalue weighted by molar-refractivity contribution is 0.213. The molecule has 1 atom stereocenters. The highest BCUT2D eigenvalue weighted by Crippen LogP contribution is 2.20. The maximum absolute atomic E-state index is 5.48. The Morgan fingerprint density at radius 1 is 1.37 bits per heavy atom. The number of anilines is 2. The number of nitrogen functional groups attached to an aromatic ring is 1. The molecule has 0 radical (unpaired) electrons. The lowest BCUT2D eigenvalue weighted by Gasteiger charge is -2.39. The molecule has 2 heterocycles. The summed E-state index contributed by atoms with van der Waals surface area (Å²) in [5.41, 5.74) is 2.63. The van der Waals surface area contributed by atoms with Gasteiger partial charge >= 0.3 is 0 Å². The summed E-state index contributed by atoms with van der Waals surface area (Å²) >= 11 is 0. The van der Waals surface area contributed by atoms with Gasteiger partial charge in [0.2, 0.25) is 0 Å². The molecule has 0 amide bonds. The van der Waals surface area contributed by atoms with Crippen LogP contribution in [0.25, 0.3) is 0 Å². The SMILES string of the molecule is CCc1nc(NN)cc(N2CCN(C)C(CC)C2)n1. The van der Waals surface area contributed by atoms with E-state index in [9.17, 15) is 0 Å². The average molecular weight is 264 g/mol. The van der Waals surface area contributed by atoms with Gasteiger partial charge in [-0.2, -0.15) is 0 Å². The standard InChI is InChI=1S/C13H24N6/c1-4-10-9-19(7-6-18(10)3)13-8-12(17-14)15-11(5-2)16-13/h8,10H,4-7,9,14H2,1-3H3,(H,15,16,17). The number of piperazine rings is 1. The van der Waals surface area contributed by atoms with Crippen LogP contribution in [0.4, 0.5) is 11.6 Å². The van der Waals surface area contributed by atoms with E-state index in [-0.39, 0.29) is 0 Å². The molecular formula is C13H24N6. The van der Waals surface area contributed by atoms with Gasteiger partial charge in [0.25, 0.3) is 0 Å². The van der Waals surface area contributed by atoms with E-state index in [1.54, 1.807) is 0 Å². The van der Waals surface area contributed by atoms with E-state index in [0.29, 0.717) is 11.9 Å². The van der Waals surface area contributed by atoms with Crippen LogP contribution in [0.5, 0.6) is 0 Å². The molecule has 6 heteroatoms. The van der Waals surface area contributed by atoms with Crippen molar-refractivity contribution in [2.75, 3.05) is 37.0 Å². The first-order chi connectivity index (χ1) is 9.17. The molecule has 19 heavy (non-hydrogen) atoms. The minimum Gasteiger partial charge on any atom is -0.354 e. The third kappa shape index (κ3) is 3.13. The van der Waals surface area contributed by atoms with Gasteiger partial charge in [-0.3, -0.25) is 4.90 Å². The summed E-state index contributed by atoms with van der Waals surface area (Å²) in [6.07, 6.45) is 1.97. The van der Waals surface area contributed by atoms with Crippen LogP contribution >= 0.6 is 0 Å². The van der Waals surface area contributed by atoms with E-state index in [4.69, 9.17) is 5.84 Å². The molecule has 0 aliphatic carbocycles. The number of aryl methyl sites for hydroxylation is 1. The second-order valence-electron chi connectivity index (χ2n) is 5.01. The molecule has 6 nitrogen and oxygen atoms in total. The summed E-state index contributed by atoms with van der Waals surface area (Å²) in [4.78, 5) is 13.7. The van der Waals surface area contributed by atoms with Crippen molar-refractivity contribution in [1.82, 2.24) is 14.9 Å². The van der Waals surface area contributed by atoms with Gasteiger partial charge in [0.05, 0.1) is 0 Å². The zero-order valence-corrected chi connectivity index (χ0v) is 12.1. The van der Waals surface area contributed by atoms with Crippen LogP contribution in [0.1, 0.15) is 26.1 Å². The zero-order valence-electron chi connectivity index (χ0n) is 12.1. The first-order valence-electron chi connectivity index (χ1n) is 6.97.